The molecule has 1 heterocycles. The Labute approximate surface area is 173 Å². The zero-order chi connectivity index (χ0) is 17.8. The number of amides is 1. The van der Waals surface area contributed by atoms with Gasteiger partial charge in [0.2, 0.25) is 5.91 Å². The third-order valence-corrected chi connectivity index (χ3v) is 2.97. The van der Waals surface area contributed by atoms with E-state index in [9.17, 15) is 4.79 Å². The summed E-state index contributed by atoms with van der Waals surface area (Å²) in [6, 6.07) is 4.98. The van der Waals surface area contributed by atoms with E-state index < -0.39 is 0 Å². The van der Waals surface area contributed by atoms with E-state index in [1.807, 2.05) is 20.8 Å². The van der Waals surface area contributed by atoms with Crippen LogP contribution in [0.25, 0.3) is 0 Å². The fourth-order valence-corrected chi connectivity index (χ4v) is 1.77. The molecule has 3 nitrogen and oxygen atoms in total. The number of carbonyl (C=O) groups excluding carboxylic acids is 1. The minimum Gasteiger partial charge on any atom is -0.375 e. The SMILES string of the molecule is C=C(C)C(=O)N(CC#Cc1c[c-]c(C(C)C)cn1)CCC.CC.[Y]. The minimum absolute atomic E-state index is 0. The van der Waals surface area contributed by atoms with Gasteiger partial charge in [-0.1, -0.05) is 53.3 Å². The fourth-order valence-electron chi connectivity index (χ4n) is 1.77. The Bertz CT molecular complexity index is 553. The van der Waals surface area contributed by atoms with Gasteiger partial charge in [0.15, 0.2) is 0 Å². The number of rotatable bonds is 5. The second-order valence-electron chi connectivity index (χ2n) is 5.35. The van der Waals surface area contributed by atoms with Crippen LogP contribution in [0.1, 0.15) is 65.1 Å². The van der Waals surface area contributed by atoms with Gasteiger partial charge in [-0.2, -0.15) is 6.07 Å². The van der Waals surface area contributed by atoms with Crippen molar-refractivity contribution in [2.24, 2.45) is 0 Å². The van der Waals surface area contributed by atoms with Gasteiger partial charge < -0.3 is 9.88 Å². The maximum atomic E-state index is 11.9. The van der Waals surface area contributed by atoms with Crippen LogP contribution >= 0.6 is 0 Å². The van der Waals surface area contributed by atoms with Crippen molar-refractivity contribution < 1.29 is 37.5 Å². The number of hydrogen-bond acceptors (Lipinski definition) is 2. The molecule has 0 aromatic carbocycles. The maximum absolute atomic E-state index is 11.9. The van der Waals surface area contributed by atoms with Crippen LogP contribution in [0, 0.1) is 17.9 Å². The third kappa shape index (κ3) is 9.35. The zero-order valence-electron chi connectivity index (χ0n) is 15.9. The van der Waals surface area contributed by atoms with Crippen LogP contribution in [-0.2, 0) is 37.5 Å². The van der Waals surface area contributed by atoms with Crippen molar-refractivity contribution in [2.75, 3.05) is 13.1 Å². The van der Waals surface area contributed by atoms with Crippen LogP contribution in [0.3, 0.4) is 0 Å². The molecule has 1 rings (SSSR count). The van der Waals surface area contributed by atoms with Crippen LogP contribution in [0.15, 0.2) is 24.4 Å². The summed E-state index contributed by atoms with van der Waals surface area (Å²) in [5, 5.41) is 0. The average Bonchev–Trinajstić information content (AvgIpc) is 2.55. The standard InChI is InChI=1S/C18H23N2O.C2H6.Y/c1-6-11-20(18(21)15(4)5)12-7-8-17-10-9-16(13-19-17)14(2)3;1-2;/h10,13-14H,4,6,11-12H2,1-3,5H3;1-2H3;/q-1;;. The molecule has 1 aromatic heterocycles. The van der Waals surface area contributed by atoms with Gasteiger partial charge in [-0.25, -0.2) is 0 Å². The van der Waals surface area contributed by atoms with Crippen LogP contribution in [-0.4, -0.2) is 28.9 Å². The van der Waals surface area contributed by atoms with Gasteiger partial charge in [-0.3, -0.25) is 4.79 Å². The van der Waals surface area contributed by atoms with Crippen molar-refractivity contribution in [3.63, 3.8) is 0 Å². The molecule has 0 spiro atoms. The van der Waals surface area contributed by atoms with Gasteiger partial charge in [-0.15, -0.1) is 17.6 Å². The first-order chi connectivity index (χ1) is 11.0. The average molecular weight is 402 g/mol. The third-order valence-electron chi connectivity index (χ3n) is 2.97. The number of carbonyl (C=O) groups is 1. The molecule has 0 saturated heterocycles. The van der Waals surface area contributed by atoms with E-state index in [0.717, 1.165) is 12.0 Å². The molecule has 0 aliphatic carbocycles. The molecule has 0 saturated carbocycles. The summed E-state index contributed by atoms with van der Waals surface area (Å²) in [5.74, 6) is 6.35. The van der Waals surface area contributed by atoms with E-state index in [4.69, 9.17) is 0 Å². The van der Waals surface area contributed by atoms with Crippen molar-refractivity contribution in [1.29, 1.82) is 0 Å². The van der Waals surface area contributed by atoms with Gasteiger partial charge in [0.1, 0.15) is 0 Å². The summed E-state index contributed by atoms with van der Waals surface area (Å²) >= 11 is 0. The summed E-state index contributed by atoms with van der Waals surface area (Å²) in [6.07, 6.45) is 2.70. The number of aromatic nitrogens is 1. The second-order valence-corrected chi connectivity index (χ2v) is 5.35. The minimum atomic E-state index is -0.0409. The molecule has 0 N–H and O–H groups in total. The molecule has 24 heavy (non-hydrogen) atoms. The molecular weight excluding hydrogens is 373 g/mol. The molecule has 1 radical (unpaired) electrons. The summed E-state index contributed by atoms with van der Waals surface area (Å²) in [5.41, 5.74) is 2.29. The smallest absolute Gasteiger partial charge is 0.249 e. The van der Waals surface area contributed by atoms with Gasteiger partial charge >= 0.3 is 0 Å². The van der Waals surface area contributed by atoms with E-state index in [1.165, 1.54) is 0 Å². The number of nitrogens with zero attached hydrogens (tertiary/aromatic N) is 2. The quantitative estimate of drug-likeness (QED) is 0.420. The molecule has 0 fully saturated rings. The van der Waals surface area contributed by atoms with E-state index in [1.54, 1.807) is 24.1 Å². The molecule has 1 aromatic rings. The van der Waals surface area contributed by atoms with Crippen molar-refractivity contribution >= 4 is 5.91 Å². The van der Waals surface area contributed by atoms with Gasteiger partial charge in [0.25, 0.3) is 0 Å². The molecule has 0 aliphatic heterocycles. The van der Waals surface area contributed by atoms with Gasteiger partial charge in [0.05, 0.1) is 6.54 Å². The van der Waals surface area contributed by atoms with Crippen LogP contribution in [0.2, 0.25) is 0 Å². The van der Waals surface area contributed by atoms with Gasteiger partial charge in [0, 0.05) is 44.8 Å². The zero-order valence-corrected chi connectivity index (χ0v) is 18.8. The molecule has 0 atom stereocenters. The van der Waals surface area contributed by atoms with E-state index in [-0.39, 0.29) is 38.6 Å². The molecule has 0 unspecified atom stereocenters. The largest absolute Gasteiger partial charge is 0.375 e. The Kier molecular flexibility index (Phi) is 15.1. The van der Waals surface area contributed by atoms with Crippen LogP contribution < -0.4 is 0 Å². The Morgan fingerprint density at radius 3 is 2.46 bits per heavy atom. The molecule has 0 aliphatic rings. The molecule has 129 valence electrons. The molecule has 1 amide bonds. The summed E-state index contributed by atoms with van der Waals surface area (Å²) in [6.45, 7) is 16.7. The Balaban J connectivity index is 0. The molecular formula is C20H29N2OY-. The Morgan fingerprint density at radius 2 is 2.04 bits per heavy atom. The van der Waals surface area contributed by atoms with Gasteiger partial charge in [-0.05, 0) is 25.0 Å². The Hall–Kier alpha value is -0.976. The van der Waals surface area contributed by atoms with Crippen LogP contribution in [0.4, 0.5) is 0 Å². The van der Waals surface area contributed by atoms with Crippen LogP contribution in [0.5, 0.6) is 0 Å². The summed E-state index contributed by atoms with van der Waals surface area (Å²) < 4.78 is 0. The first-order valence-corrected chi connectivity index (χ1v) is 8.27. The van der Waals surface area contributed by atoms with Crippen molar-refractivity contribution in [1.82, 2.24) is 9.88 Å². The van der Waals surface area contributed by atoms with E-state index >= 15 is 0 Å². The van der Waals surface area contributed by atoms with Crippen molar-refractivity contribution in [3.05, 3.63) is 41.7 Å². The van der Waals surface area contributed by atoms with E-state index in [0.29, 0.717) is 30.3 Å². The number of hydrogen-bond donors (Lipinski definition) is 0. The van der Waals surface area contributed by atoms with E-state index in [2.05, 4.69) is 43.3 Å². The first kappa shape index (κ1) is 25.3. The first-order valence-electron chi connectivity index (χ1n) is 8.27. The van der Waals surface area contributed by atoms with Crippen molar-refractivity contribution in [3.8, 4) is 11.8 Å². The Morgan fingerprint density at radius 1 is 1.42 bits per heavy atom. The van der Waals surface area contributed by atoms with Crippen molar-refractivity contribution in [2.45, 2.75) is 53.9 Å². The predicted octanol–water partition coefficient (Wildman–Crippen LogP) is 4.20. The normalized spacial score (nSPS) is 8.96. The summed E-state index contributed by atoms with van der Waals surface area (Å²) in [7, 11) is 0. The summed E-state index contributed by atoms with van der Waals surface area (Å²) in [4.78, 5) is 17.9. The maximum Gasteiger partial charge on any atom is 0.249 e. The predicted molar refractivity (Wildman–Crippen MR) is 97.1 cm³/mol. The topological polar surface area (TPSA) is 33.2 Å². The molecule has 0 bridgehead atoms. The monoisotopic (exact) mass is 402 g/mol. The number of pyridine rings is 1. The molecule has 4 heteroatoms. The fraction of sp³-hybridized carbons (Fsp3) is 0.500. The second kappa shape index (κ2) is 14.4.